The summed E-state index contributed by atoms with van der Waals surface area (Å²) in [6.07, 6.45) is 0. The quantitative estimate of drug-likeness (QED) is 0.347. The smallest absolute Gasteiger partial charge is 0.352 e. The van der Waals surface area contributed by atoms with E-state index in [0.29, 0.717) is 27.5 Å². The molecule has 0 bridgehead atoms. The minimum atomic E-state index is -0.579. The minimum Gasteiger partial charge on any atom is -0.496 e. The van der Waals surface area contributed by atoms with E-state index in [2.05, 4.69) is 20.9 Å². The molecule has 9 heteroatoms. The van der Waals surface area contributed by atoms with Crippen molar-refractivity contribution in [2.75, 3.05) is 19.2 Å². The number of hydrogen-bond donors (Lipinski definition) is 2. The molecule has 4 N–H and O–H groups in total. The van der Waals surface area contributed by atoms with Crippen molar-refractivity contribution in [3.8, 4) is 11.6 Å². The third-order valence-corrected chi connectivity index (χ3v) is 3.59. The van der Waals surface area contributed by atoms with E-state index in [1.54, 1.807) is 36.4 Å². The lowest BCUT2D eigenvalue weighted by atomic mass is 10.1. The highest BCUT2D eigenvalue weighted by Crippen LogP contribution is 2.29. The average Bonchev–Trinajstić information content (AvgIpc) is 2.58. The molecule has 128 valence electrons. The third-order valence-electron chi connectivity index (χ3n) is 3.15. The van der Waals surface area contributed by atoms with Gasteiger partial charge >= 0.3 is 6.03 Å². The van der Waals surface area contributed by atoms with Crippen LogP contribution in [0.1, 0.15) is 5.56 Å². The van der Waals surface area contributed by atoms with E-state index in [1.807, 2.05) is 0 Å². The fourth-order valence-electron chi connectivity index (χ4n) is 2.01. The van der Waals surface area contributed by atoms with Crippen LogP contribution in [0.3, 0.4) is 0 Å². The van der Waals surface area contributed by atoms with Crippen LogP contribution in [0.15, 0.2) is 41.0 Å². The van der Waals surface area contributed by atoms with Gasteiger partial charge in [-0.05, 0) is 34.1 Å². The SMILES string of the molecule is COc1cccc(N(N)C(=O)N(C)N)c1COc1cccc(Br)n1. The van der Waals surface area contributed by atoms with Gasteiger partial charge in [0.05, 0.1) is 18.4 Å². The molecule has 1 heterocycles. The second-order valence-corrected chi connectivity index (χ2v) is 5.62. The van der Waals surface area contributed by atoms with E-state index < -0.39 is 6.03 Å². The Morgan fingerprint density at radius 1 is 1.25 bits per heavy atom. The van der Waals surface area contributed by atoms with E-state index in [-0.39, 0.29) is 6.61 Å². The molecule has 0 aliphatic rings. The molecule has 0 aliphatic heterocycles. The molecule has 0 fully saturated rings. The summed E-state index contributed by atoms with van der Waals surface area (Å²) < 4.78 is 11.7. The fraction of sp³-hybridized carbons (Fsp3) is 0.200. The number of methoxy groups -OCH3 is 1. The zero-order valence-corrected chi connectivity index (χ0v) is 14.9. The summed E-state index contributed by atoms with van der Waals surface area (Å²) in [5.74, 6) is 12.3. The number of pyridine rings is 1. The maximum absolute atomic E-state index is 12.0. The van der Waals surface area contributed by atoms with Crippen molar-refractivity contribution in [3.05, 3.63) is 46.6 Å². The van der Waals surface area contributed by atoms with Crippen LogP contribution in [0.2, 0.25) is 0 Å². The Morgan fingerprint density at radius 3 is 2.58 bits per heavy atom. The van der Waals surface area contributed by atoms with Crippen molar-refractivity contribution in [3.63, 3.8) is 0 Å². The molecule has 0 atom stereocenters. The number of nitrogens with zero attached hydrogens (tertiary/aromatic N) is 3. The molecule has 0 spiro atoms. The summed E-state index contributed by atoms with van der Waals surface area (Å²) in [6.45, 7) is 0.109. The first-order valence-electron chi connectivity index (χ1n) is 6.92. The van der Waals surface area contributed by atoms with Gasteiger partial charge in [0.1, 0.15) is 17.0 Å². The molecule has 0 saturated heterocycles. The van der Waals surface area contributed by atoms with E-state index in [9.17, 15) is 4.79 Å². The van der Waals surface area contributed by atoms with Gasteiger partial charge in [0.25, 0.3) is 0 Å². The highest BCUT2D eigenvalue weighted by molar-refractivity contribution is 9.10. The lowest BCUT2D eigenvalue weighted by Gasteiger charge is -2.24. The molecule has 0 radical (unpaired) electrons. The largest absolute Gasteiger partial charge is 0.496 e. The van der Waals surface area contributed by atoms with Gasteiger partial charge < -0.3 is 9.47 Å². The first kappa shape index (κ1) is 18.0. The number of carbonyl (C=O) groups is 1. The number of anilines is 1. The molecule has 24 heavy (non-hydrogen) atoms. The summed E-state index contributed by atoms with van der Waals surface area (Å²) in [5, 5.41) is 1.83. The third kappa shape index (κ3) is 4.13. The molecular formula is C15H18BrN5O3. The fourth-order valence-corrected chi connectivity index (χ4v) is 2.33. The topological polar surface area (TPSA) is 107 Å². The lowest BCUT2D eigenvalue weighted by Crippen LogP contribution is -2.49. The number of nitrogens with two attached hydrogens (primary N) is 2. The number of amides is 2. The van der Waals surface area contributed by atoms with Crippen molar-refractivity contribution in [2.45, 2.75) is 6.61 Å². The summed E-state index contributed by atoms with van der Waals surface area (Å²) >= 11 is 3.28. The highest BCUT2D eigenvalue weighted by atomic mass is 79.9. The minimum absolute atomic E-state index is 0.109. The van der Waals surface area contributed by atoms with Gasteiger partial charge in [-0.3, -0.25) is 5.01 Å². The Bertz CT molecular complexity index is 726. The van der Waals surface area contributed by atoms with Crippen molar-refractivity contribution in [1.29, 1.82) is 0 Å². The Balaban J connectivity index is 2.31. The molecule has 2 amide bonds. The molecule has 0 unspecified atom stereocenters. The summed E-state index contributed by atoms with van der Waals surface area (Å²) in [5.41, 5.74) is 1.02. The van der Waals surface area contributed by atoms with Crippen molar-refractivity contribution < 1.29 is 14.3 Å². The standard InChI is InChI=1S/C15H18BrN5O3/c1-20(17)15(22)21(18)11-5-3-6-12(23-2)10(11)9-24-14-8-4-7-13(16)19-14/h3-8H,9,17-18H2,1-2H3. The van der Waals surface area contributed by atoms with Crippen molar-refractivity contribution in [2.24, 2.45) is 11.7 Å². The van der Waals surface area contributed by atoms with Crippen LogP contribution in [0.4, 0.5) is 10.5 Å². The Hall–Kier alpha value is -2.36. The highest BCUT2D eigenvalue weighted by Gasteiger charge is 2.20. The van der Waals surface area contributed by atoms with Gasteiger partial charge in [-0.15, -0.1) is 0 Å². The number of rotatable bonds is 5. The summed E-state index contributed by atoms with van der Waals surface area (Å²) in [7, 11) is 2.93. The van der Waals surface area contributed by atoms with Crippen molar-refractivity contribution >= 4 is 27.6 Å². The normalized spacial score (nSPS) is 10.2. The number of benzene rings is 1. The van der Waals surface area contributed by atoms with Crippen LogP contribution in [0.5, 0.6) is 11.6 Å². The van der Waals surface area contributed by atoms with Crippen LogP contribution in [0.25, 0.3) is 0 Å². The zero-order valence-electron chi connectivity index (χ0n) is 13.3. The molecule has 0 aliphatic carbocycles. The van der Waals surface area contributed by atoms with Gasteiger partial charge in [-0.25, -0.2) is 26.5 Å². The van der Waals surface area contributed by atoms with E-state index in [1.165, 1.54) is 14.2 Å². The molecule has 1 aromatic carbocycles. The Kier molecular flexibility index (Phi) is 5.96. The molecule has 0 saturated carbocycles. The molecule has 1 aromatic heterocycles. The van der Waals surface area contributed by atoms with E-state index in [0.717, 1.165) is 10.0 Å². The van der Waals surface area contributed by atoms with Gasteiger partial charge in [0.2, 0.25) is 5.88 Å². The molecular weight excluding hydrogens is 378 g/mol. The van der Waals surface area contributed by atoms with E-state index in [4.69, 9.17) is 21.2 Å². The number of aromatic nitrogens is 1. The van der Waals surface area contributed by atoms with Crippen LogP contribution < -0.4 is 26.2 Å². The maximum Gasteiger partial charge on any atom is 0.352 e. The monoisotopic (exact) mass is 395 g/mol. The Labute approximate surface area is 148 Å². The number of urea groups is 1. The first-order chi connectivity index (χ1) is 11.4. The van der Waals surface area contributed by atoms with Crippen LogP contribution in [0, 0.1) is 0 Å². The Morgan fingerprint density at radius 2 is 1.96 bits per heavy atom. The van der Waals surface area contributed by atoms with E-state index >= 15 is 0 Å². The van der Waals surface area contributed by atoms with Crippen molar-refractivity contribution in [1.82, 2.24) is 9.99 Å². The number of hydrogen-bond acceptors (Lipinski definition) is 6. The summed E-state index contributed by atoms with van der Waals surface area (Å²) in [6, 6.07) is 9.89. The number of ether oxygens (including phenoxy) is 2. The number of halogens is 1. The zero-order chi connectivity index (χ0) is 17.7. The lowest BCUT2D eigenvalue weighted by molar-refractivity contribution is 0.216. The predicted octanol–water partition coefficient (Wildman–Crippen LogP) is 2.04. The van der Waals surface area contributed by atoms with Crippen LogP contribution in [-0.2, 0) is 6.61 Å². The van der Waals surface area contributed by atoms with Crippen LogP contribution in [-0.4, -0.2) is 30.2 Å². The average molecular weight is 396 g/mol. The van der Waals surface area contributed by atoms with Crippen LogP contribution >= 0.6 is 15.9 Å². The second kappa shape index (κ2) is 7.95. The number of hydrazine groups is 2. The second-order valence-electron chi connectivity index (χ2n) is 4.81. The molecule has 8 nitrogen and oxygen atoms in total. The maximum atomic E-state index is 12.0. The summed E-state index contributed by atoms with van der Waals surface area (Å²) in [4.78, 5) is 16.2. The van der Waals surface area contributed by atoms with Gasteiger partial charge in [-0.2, -0.15) is 0 Å². The van der Waals surface area contributed by atoms with Gasteiger partial charge in [0.15, 0.2) is 0 Å². The van der Waals surface area contributed by atoms with Gasteiger partial charge in [0, 0.05) is 13.1 Å². The number of carbonyl (C=O) groups excluding carboxylic acids is 1. The molecule has 2 aromatic rings. The predicted molar refractivity (Wildman–Crippen MR) is 93.3 cm³/mol. The first-order valence-corrected chi connectivity index (χ1v) is 7.71. The van der Waals surface area contributed by atoms with Gasteiger partial charge in [-0.1, -0.05) is 12.1 Å². The molecule has 2 rings (SSSR count).